The van der Waals surface area contributed by atoms with E-state index in [4.69, 9.17) is 10.5 Å². The third kappa shape index (κ3) is 4.31. The Hall–Kier alpha value is -1.85. The predicted molar refractivity (Wildman–Crippen MR) is 89.7 cm³/mol. The van der Waals surface area contributed by atoms with E-state index in [-0.39, 0.29) is 6.10 Å². The van der Waals surface area contributed by atoms with Gasteiger partial charge in [-0.05, 0) is 50.5 Å². The average molecular weight is 303 g/mol. The first-order valence-electron chi connectivity index (χ1n) is 6.92. The number of aliphatic imine (C=N–C) groups is 1. The number of hydrogen-bond donors (Lipinski definition) is 2. The Morgan fingerprint density at radius 3 is 2.81 bits per heavy atom. The van der Waals surface area contributed by atoms with Gasteiger partial charge in [0.25, 0.3) is 0 Å². The van der Waals surface area contributed by atoms with Crippen molar-refractivity contribution in [3.63, 3.8) is 0 Å². The minimum absolute atomic E-state index is 0.145. The Labute approximate surface area is 129 Å². The molecule has 1 aromatic heterocycles. The molecular formula is C16H21N3OS. The van der Waals surface area contributed by atoms with Crippen LogP contribution in [0.5, 0.6) is 5.75 Å². The molecule has 1 aromatic carbocycles. The number of nitrogens with zero attached hydrogens (tertiary/aromatic N) is 1. The highest BCUT2D eigenvalue weighted by Gasteiger charge is 2.07. The van der Waals surface area contributed by atoms with Crippen molar-refractivity contribution in [2.45, 2.75) is 26.5 Å². The highest BCUT2D eigenvalue weighted by Crippen LogP contribution is 2.26. The number of nitrogens with two attached hydrogens (primary N) is 1. The summed E-state index contributed by atoms with van der Waals surface area (Å²) in [6.07, 6.45) is 0.145. The van der Waals surface area contributed by atoms with Gasteiger partial charge < -0.3 is 15.8 Å². The summed E-state index contributed by atoms with van der Waals surface area (Å²) in [5.41, 5.74) is 7.94. The van der Waals surface area contributed by atoms with Crippen molar-refractivity contribution in [2.75, 3.05) is 7.05 Å². The fourth-order valence-electron chi connectivity index (χ4n) is 1.95. The normalized spacial score (nSPS) is 11.9. The third-order valence-corrected chi connectivity index (χ3v) is 3.69. The maximum absolute atomic E-state index is 6.03. The molecule has 0 saturated carbocycles. The first-order chi connectivity index (χ1) is 10.1. The molecule has 0 bridgehead atoms. The molecule has 0 aliphatic heterocycles. The number of nitrogens with one attached hydrogen (secondary N) is 1. The molecule has 0 aliphatic carbocycles. The number of benzene rings is 1. The molecule has 4 nitrogen and oxygen atoms in total. The van der Waals surface area contributed by atoms with E-state index in [1.807, 2.05) is 56.6 Å². The SMILES string of the molecule is CNCc1cc(N=C(N)c2cccs2)ccc1OC(C)C. The number of amidine groups is 1. The van der Waals surface area contributed by atoms with Gasteiger partial charge in [-0.1, -0.05) is 6.07 Å². The zero-order valence-corrected chi connectivity index (χ0v) is 13.4. The van der Waals surface area contributed by atoms with E-state index in [1.54, 1.807) is 11.3 Å². The average Bonchev–Trinajstić information content (AvgIpc) is 2.95. The van der Waals surface area contributed by atoms with Crippen molar-refractivity contribution in [3.8, 4) is 5.75 Å². The molecule has 21 heavy (non-hydrogen) atoms. The summed E-state index contributed by atoms with van der Waals surface area (Å²) in [5, 5.41) is 5.14. The molecule has 0 spiro atoms. The summed E-state index contributed by atoms with van der Waals surface area (Å²) in [6, 6.07) is 9.82. The molecular weight excluding hydrogens is 282 g/mol. The Morgan fingerprint density at radius 2 is 2.19 bits per heavy atom. The second kappa shape index (κ2) is 7.24. The lowest BCUT2D eigenvalue weighted by molar-refractivity contribution is 0.239. The molecule has 0 fully saturated rings. The number of rotatable bonds is 6. The largest absolute Gasteiger partial charge is 0.491 e. The molecule has 0 atom stereocenters. The van der Waals surface area contributed by atoms with Crippen LogP contribution in [0.4, 0.5) is 5.69 Å². The summed E-state index contributed by atoms with van der Waals surface area (Å²) < 4.78 is 5.81. The topological polar surface area (TPSA) is 59.6 Å². The maximum atomic E-state index is 6.03. The highest BCUT2D eigenvalue weighted by atomic mass is 32.1. The molecule has 2 aromatic rings. The molecule has 1 heterocycles. The van der Waals surface area contributed by atoms with Gasteiger partial charge in [-0.3, -0.25) is 0 Å². The van der Waals surface area contributed by atoms with Crippen molar-refractivity contribution in [3.05, 3.63) is 46.2 Å². The van der Waals surface area contributed by atoms with Crippen LogP contribution in [0.3, 0.4) is 0 Å². The van der Waals surface area contributed by atoms with Crippen LogP contribution in [0.2, 0.25) is 0 Å². The lowest BCUT2D eigenvalue weighted by atomic mass is 10.1. The van der Waals surface area contributed by atoms with Crippen LogP contribution in [0, 0.1) is 0 Å². The van der Waals surface area contributed by atoms with Crippen LogP contribution in [-0.4, -0.2) is 19.0 Å². The van der Waals surface area contributed by atoms with Crippen LogP contribution in [-0.2, 0) is 6.54 Å². The summed E-state index contributed by atoms with van der Waals surface area (Å²) in [6.45, 7) is 4.76. The standard InChI is InChI=1S/C16H21N3OS/c1-11(2)20-14-7-6-13(9-12(14)10-18-3)19-16(17)15-5-4-8-21-15/h4-9,11,18H,10H2,1-3H3,(H2,17,19). The van der Waals surface area contributed by atoms with Gasteiger partial charge in [-0.15, -0.1) is 11.3 Å². The van der Waals surface area contributed by atoms with Crippen molar-refractivity contribution in [1.29, 1.82) is 0 Å². The molecule has 0 amide bonds. The molecule has 3 N–H and O–H groups in total. The lowest BCUT2D eigenvalue weighted by Crippen LogP contribution is -2.12. The van der Waals surface area contributed by atoms with Gasteiger partial charge in [0, 0.05) is 12.1 Å². The molecule has 0 unspecified atom stereocenters. The van der Waals surface area contributed by atoms with Crippen LogP contribution in [0.1, 0.15) is 24.3 Å². The fraction of sp³-hybridized carbons (Fsp3) is 0.312. The Morgan fingerprint density at radius 1 is 1.38 bits per heavy atom. The molecule has 112 valence electrons. The van der Waals surface area contributed by atoms with E-state index in [9.17, 15) is 0 Å². The number of ether oxygens (including phenoxy) is 1. The highest BCUT2D eigenvalue weighted by molar-refractivity contribution is 7.12. The predicted octanol–water partition coefficient (Wildman–Crippen LogP) is 3.29. The van der Waals surface area contributed by atoms with Gasteiger partial charge in [0.05, 0.1) is 16.7 Å². The van der Waals surface area contributed by atoms with E-state index in [0.29, 0.717) is 5.84 Å². The molecule has 2 rings (SSSR count). The molecule has 0 aliphatic rings. The molecule has 0 radical (unpaired) electrons. The van der Waals surface area contributed by atoms with Gasteiger partial charge in [0.15, 0.2) is 0 Å². The van der Waals surface area contributed by atoms with Crippen LogP contribution in [0.25, 0.3) is 0 Å². The monoisotopic (exact) mass is 303 g/mol. The molecule has 5 heteroatoms. The van der Waals surface area contributed by atoms with Crippen LogP contribution < -0.4 is 15.8 Å². The fourth-order valence-corrected chi connectivity index (χ4v) is 2.58. The minimum Gasteiger partial charge on any atom is -0.491 e. The number of thiophene rings is 1. The molecule has 0 saturated heterocycles. The summed E-state index contributed by atoms with van der Waals surface area (Å²) in [5.74, 6) is 1.42. The summed E-state index contributed by atoms with van der Waals surface area (Å²) in [7, 11) is 1.91. The van der Waals surface area contributed by atoms with Crippen LogP contribution in [0.15, 0.2) is 40.7 Å². The first-order valence-corrected chi connectivity index (χ1v) is 7.80. The van der Waals surface area contributed by atoms with Crippen LogP contribution >= 0.6 is 11.3 Å². The Balaban J connectivity index is 2.29. The summed E-state index contributed by atoms with van der Waals surface area (Å²) in [4.78, 5) is 5.47. The Bertz CT molecular complexity index is 606. The van der Waals surface area contributed by atoms with Gasteiger partial charge in [-0.2, -0.15) is 0 Å². The van der Waals surface area contributed by atoms with Crippen molar-refractivity contribution in [1.82, 2.24) is 5.32 Å². The second-order valence-electron chi connectivity index (χ2n) is 4.96. The maximum Gasteiger partial charge on any atom is 0.141 e. The van der Waals surface area contributed by atoms with E-state index < -0.39 is 0 Å². The van der Waals surface area contributed by atoms with Crippen molar-refractivity contribution in [2.24, 2.45) is 10.7 Å². The quantitative estimate of drug-likeness (QED) is 0.636. The smallest absolute Gasteiger partial charge is 0.141 e. The lowest BCUT2D eigenvalue weighted by Gasteiger charge is -2.14. The van der Waals surface area contributed by atoms with Gasteiger partial charge >= 0.3 is 0 Å². The van der Waals surface area contributed by atoms with Gasteiger partial charge in [0.2, 0.25) is 0 Å². The van der Waals surface area contributed by atoms with Gasteiger partial charge in [-0.25, -0.2) is 4.99 Å². The second-order valence-corrected chi connectivity index (χ2v) is 5.91. The Kier molecular flexibility index (Phi) is 5.36. The summed E-state index contributed by atoms with van der Waals surface area (Å²) >= 11 is 1.58. The number of hydrogen-bond acceptors (Lipinski definition) is 4. The van der Waals surface area contributed by atoms with E-state index in [2.05, 4.69) is 10.3 Å². The minimum atomic E-state index is 0.145. The van der Waals surface area contributed by atoms with E-state index >= 15 is 0 Å². The third-order valence-electron chi connectivity index (χ3n) is 2.80. The first kappa shape index (κ1) is 15.5. The van der Waals surface area contributed by atoms with E-state index in [1.165, 1.54) is 0 Å². The van der Waals surface area contributed by atoms with Crippen molar-refractivity contribution < 1.29 is 4.74 Å². The van der Waals surface area contributed by atoms with E-state index in [0.717, 1.165) is 28.4 Å². The zero-order chi connectivity index (χ0) is 15.2. The zero-order valence-electron chi connectivity index (χ0n) is 12.6. The van der Waals surface area contributed by atoms with Gasteiger partial charge in [0.1, 0.15) is 11.6 Å². The van der Waals surface area contributed by atoms with Crippen molar-refractivity contribution >= 4 is 22.9 Å².